The number of hydrogen-bond acceptors (Lipinski definition) is 2. The van der Waals surface area contributed by atoms with E-state index < -0.39 is 0 Å². The summed E-state index contributed by atoms with van der Waals surface area (Å²) >= 11 is 6.84. The first kappa shape index (κ1) is 14.7. The third-order valence-corrected chi connectivity index (χ3v) is 4.32. The molecule has 1 N–H and O–H groups in total. The zero-order chi connectivity index (χ0) is 15.0. The summed E-state index contributed by atoms with van der Waals surface area (Å²) in [5.74, 6) is 0.499. The quantitative estimate of drug-likeness (QED) is 0.795. The van der Waals surface area contributed by atoms with Crippen molar-refractivity contribution in [2.45, 2.75) is 18.9 Å². The van der Waals surface area contributed by atoms with Gasteiger partial charge in [0.1, 0.15) is 11.4 Å². The fourth-order valence-corrected chi connectivity index (χ4v) is 3.05. The minimum Gasteiger partial charge on any atom is -0.495 e. The zero-order valence-corrected chi connectivity index (χ0v) is 14.6. The summed E-state index contributed by atoms with van der Waals surface area (Å²) in [5, 5.41) is 2.92. The predicted octanol–water partition coefficient (Wildman–Crippen LogP) is 4.61. The predicted molar refractivity (Wildman–Crippen MR) is 89.1 cm³/mol. The molecule has 1 aromatic heterocycles. The van der Waals surface area contributed by atoms with Crippen molar-refractivity contribution in [1.29, 1.82) is 0 Å². The van der Waals surface area contributed by atoms with Gasteiger partial charge in [-0.25, -0.2) is 0 Å². The van der Waals surface area contributed by atoms with Crippen molar-refractivity contribution in [2.24, 2.45) is 0 Å². The lowest BCUT2D eigenvalue weighted by molar-refractivity contribution is 0.101. The molecule has 1 saturated carbocycles. The molecule has 0 unspecified atom stereocenters. The van der Waals surface area contributed by atoms with Crippen molar-refractivity contribution in [1.82, 2.24) is 4.57 Å². The third-order valence-electron chi connectivity index (χ3n) is 3.40. The minimum atomic E-state index is -0.135. The molecule has 1 aromatic carbocycles. The van der Waals surface area contributed by atoms with E-state index in [4.69, 9.17) is 4.74 Å². The molecule has 0 radical (unpaired) electrons. The number of hydrogen-bond donors (Lipinski definition) is 1. The molecule has 0 aliphatic heterocycles. The minimum absolute atomic E-state index is 0.135. The number of amides is 1. The number of nitrogens with zero attached hydrogens (tertiary/aromatic N) is 1. The van der Waals surface area contributed by atoms with Gasteiger partial charge in [-0.05, 0) is 53.0 Å². The Kier molecular flexibility index (Phi) is 4.08. The lowest BCUT2D eigenvalue weighted by Crippen LogP contribution is -2.16. The molecular formula is C15H14Br2N2O2. The Bertz CT molecular complexity index is 693. The van der Waals surface area contributed by atoms with Crippen LogP contribution >= 0.6 is 31.9 Å². The van der Waals surface area contributed by atoms with Gasteiger partial charge in [0, 0.05) is 21.2 Å². The molecule has 2 aromatic rings. The maximum atomic E-state index is 12.5. The van der Waals surface area contributed by atoms with Gasteiger partial charge in [-0.3, -0.25) is 4.79 Å². The summed E-state index contributed by atoms with van der Waals surface area (Å²) in [6.07, 6.45) is 4.22. The van der Waals surface area contributed by atoms with E-state index in [1.165, 1.54) is 0 Å². The fourth-order valence-electron chi connectivity index (χ4n) is 2.25. The van der Waals surface area contributed by atoms with Crippen LogP contribution in [-0.2, 0) is 0 Å². The van der Waals surface area contributed by atoms with Crippen molar-refractivity contribution in [3.63, 3.8) is 0 Å². The molecule has 4 nitrogen and oxygen atoms in total. The van der Waals surface area contributed by atoms with E-state index in [1.54, 1.807) is 7.11 Å². The molecule has 1 heterocycles. The standard InChI is InChI=1S/C15H14Br2N2O2/c1-21-14-5-2-9(16)6-12(14)18-15(20)13-7-10(17)8-19(13)11-3-4-11/h2,5-8,11H,3-4H2,1H3,(H,18,20). The Morgan fingerprint density at radius 2 is 2.05 bits per heavy atom. The van der Waals surface area contributed by atoms with Crippen LogP contribution in [-0.4, -0.2) is 17.6 Å². The van der Waals surface area contributed by atoms with Crippen LogP contribution in [0.3, 0.4) is 0 Å². The summed E-state index contributed by atoms with van der Waals surface area (Å²) in [6, 6.07) is 7.81. The first-order valence-electron chi connectivity index (χ1n) is 6.61. The van der Waals surface area contributed by atoms with Gasteiger partial charge >= 0.3 is 0 Å². The third kappa shape index (κ3) is 3.16. The number of ether oxygens (including phenoxy) is 1. The summed E-state index contributed by atoms with van der Waals surface area (Å²) in [7, 11) is 1.59. The van der Waals surface area contributed by atoms with E-state index in [0.29, 0.717) is 23.2 Å². The highest BCUT2D eigenvalue weighted by molar-refractivity contribution is 9.10. The van der Waals surface area contributed by atoms with Crippen LogP contribution in [0, 0.1) is 0 Å². The highest BCUT2D eigenvalue weighted by Gasteiger charge is 2.28. The van der Waals surface area contributed by atoms with Crippen LogP contribution in [0.4, 0.5) is 5.69 Å². The van der Waals surface area contributed by atoms with E-state index in [2.05, 4.69) is 37.2 Å². The van der Waals surface area contributed by atoms with E-state index in [1.807, 2.05) is 35.0 Å². The lowest BCUT2D eigenvalue weighted by Gasteiger charge is -2.12. The molecule has 0 bridgehead atoms. The first-order valence-corrected chi connectivity index (χ1v) is 8.19. The van der Waals surface area contributed by atoms with Crippen LogP contribution in [0.25, 0.3) is 0 Å². The zero-order valence-electron chi connectivity index (χ0n) is 11.4. The van der Waals surface area contributed by atoms with Gasteiger partial charge in [-0.1, -0.05) is 15.9 Å². The van der Waals surface area contributed by atoms with Gasteiger partial charge < -0.3 is 14.6 Å². The number of anilines is 1. The van der Waals surface area contributed by atoms with Crippen molar-refractivity contribution in [2.75, 3.05) is 12.4 Å². The van der Waals surface area contributed by atoms with Crippen molar-refractivity contribution in [3.8, 4) is 5.75 Å². The number of halogens is 2. The monoisotopic (exact) mass is 412 g/mol. The Hall–Kier alpha value is -1.27. The van der Waals surface area contributed by atoms with Gasteiger partial charge in [0.25, 0.3) is 5.91 Å². The first-order chi connectivity index (χ1) is 10.1. The summed E-state index contributed by atoms with van der Waals surface area (Å²) in [4.78, 5) is 12.5. The highest BCUT2D eigenvalue weighted by atomic mass is 79.9. The van der Waals surface area contributed by atoms with Gasteiger partial charge in [0.2, 0.25) is 0 Å². The van der Waals surface area contributed by atoms with Crippen molar-refractivity contribution < 1.29 is 9.53 Å². The van der Waals surface area contributed by atoms with Gasteiger partial charge in [0.15, 0.2) is 0 Å². The van der Waals surface area contributed by atoms with Crippen LogP contribution in [0.1, 0.15) is 29.4 Å². The maximum absolute atomic E-state index is 12.5. The number of carbonyl (C=O) groups excluding carboxylic acids is 1. The second-order valence-electron chi connectivity index (χ2n) is 4.98. The SMILES string of the molecule is COc1ccc(Br)cc1NC(=O)c1cc(Br)cn1C1CC1. The second kappa shape index (κ2) is 5.85. The number of nitrogens with one attached hydrogen (secondary N) is 1. The van der Waals surface area contributed by atoms with E-state index >= 15 is 0 Å². The van der Waals surface area contributed by atoms with Crippen molar-refractivity contribution in [3.05, 3.63) is 45.1 Å². The summed E-state index contributed by atoms with van der Waals surface area (Å²) in [5.41, 5.74) is 1.31. The van der Waals surface area contributed by atoms with Crippen LogP contribution in [0.2, 0.25) is 0 Å². The second-order valence-corrected chi connectivity index (χ2v) is 6.81. The van der Waals surface area contributed by atoms with Crippen LogP contribution in [0.5, 0.6) is 5.75 Å². The van der Waals surface area contributed by atoms with Crippen molar-refractivity contribution >= 4 is 43.5 Å². The molecule has 1 fully saturated rings. The molecule has 0 saturated heterocycles. The van der Waals surface area contributed by atoms with Crippen LogP contribution < -0.4 is 10.1 Å². The number of carbonyl (C=O) groups is 1. The Balaban J connectivity index is 1.88. The Morgan fingerprint density at radius 1 is 1.29 bits per heavy atom. The molecule has 110 valence electrons. The topological polar surface area (TPSA) is 43.3 Å². The molecule has 21 heavy (non-hydrogen) atoms. The molecule has 6 heteroatoms. The summed E-state index contributed by atoms with van der Waals surface area (Å²) < 4.78 is 9.12. The average molecular weight is 414 g/mol. The van der Waals surface area contributed by atoms with Gasteiger partial charge in [-0.2, -0.15) is 0 Å². The van der Waals surface area contributed by atoms with E-state index in [9.17, 15) is 4.79 Å². The molecule has 1 aliphatic carbocycles. The highest BCUT2D eigenvalue weighted by Crippen LogP contribution is 2.38. The Labute approximate surface area is 139 Å². The number of benzene rings is 1. The molecule has 1 amide bonds. The average Bonchev–Trinajstić information content (AvgIpc) is 3.21. The van der Waals surface area contributed by atoms with Gasteiger partial charge in [0.05, 0.1) is 12.8 Å². The molecule has 3 rings (SSSR count). The van der Waals surface area contributed by atoms with Gasteiger partial charge in [-0.15, -0.1) is 0 Å². The molecular weight excluding hydrogens is 400 g/mol. The number of rotatable bonds is 4. The fraction of sp³-hybridized carbons (Fsp3) is 0.267. The van der Waals surface area contributed by atoms with E-state index in [0.717, 1.165) is 21.8 Å². The normalized spacial score (nSPS) is 14.0. The number of methoxy groups -OCH3 is 1. The van der Waals surface area contributed by atoms with E-state index in [-0.39, 0.29) is 5.91 Å². The summed E-state index contributed by atoms with van der Waals surface area (Å²) in [6.45, 7) is 0. The maximum Gasteiger partial charge on any atom is 0.272 e. The largest absolute Gasteiger partial charge is 0.495 e. The Morgan fingerprint density at radius 3 is 2.71 bits per heavy atom. The molecule has 0 spiro atoms. The molecule has 0 atom stereocenters. The number of aromatic nitrogens is 1. The smallest absolute Gasteiger partial charge is 0.272 e. The molecule has 1 aliphatic rings. The lowest BCUT2D eigenvalue weighted by atomic mass is 10.2. The van der Waals surface area contributed by atoms with Crippen LogP contribution in [0.15, 0.2) is 39.4 Å².